The van der Waals surface area contributed by atoms with Crippen LogP contribution in [0.3, 0.4) is 0 Å². The highest BCUT2D eigenvalue weighted by atomic mass is 16.5. The van der Waals surface area contributed by atoms with Gasteiger partial charge in [0, 0.05) is 25.3 Å². The molecule has 3 fully saturated rings. The van der Waals surface area contributed by atoms with Gasteiger partial charge in [0.1, 0.15) is 11.9 Å². The second kappa shape index (κ2) is 8.24. The number of likely N-dealkylation sites (tertiary alicyclic amines) is 1. The van der Waals surface area contributed by atoms with Crippen LogP contribution in [0.1, 0.15) is 53.9 Å². The maximum atomic E-state index is 12.6. The van der Waals surface area contributed by atoms with E-state index in [0.717, 1.165) is 49.9 Å². The van der Waals surface area contributed by atoms with Gasteiger partial charge in [-0.05, 0) is 72.8 Å². The van der Waals surface area contributed by atoms with Gasteiger partial charge in [0.15, 0.2) is 0 Å². The zero-order valence-corrected chi connectivity index (χ0v) is 18.4. The molecule has 0 aromatic heterocycles. The number of hydrogen-bond acceptors (Lipinski definition) is 4. The van der Waals surface area contributed by atoms with E-state index in [2.05, 4.69) is 24.3 Å². The topological polar surface area (TPSA) is 76.1 Å². The number of carboxylic acid groups (broad SMARTS) is 1. The van der Waals surface area contributed by atoms with Crippen LogP contribution in [-0.2, 0) is 9.53 Å². The number of piperidine rings is 1. The molecule has 1 unspecified atom stereocenters. The van der Waals surface area contributed by atoms with Crippen molar-refractivity contribution in [3.05, 3.63) is 53.6 Å². The molecule has 0 radical (unpaired) electrons. The molecular formula is C26H29NO5. The van der Waals surface area contributed by atoms with Gasteiger partial charge in [-0.1, -0.05) is 24.3 Å². The van der Waals surface area contributed by atoms with Crippen LogP contribution in [0.4, 0.5) is 0 Å². The van der Waals surface area contributed by atoms with Crippen LogP contribution in [-0.4, -0.2) is 54.8 Å². The average Bonchev–Trinajstić information content (AvgIpc) is 3.24. The Labute approximate surface area is 188 Å². The number of carboxylic acids is 1. The number of benzene rings is 2. The van der Waals surface area contributed by atoms with E-state index in [0.29, 0.717) is 23.7 Å². The lowest BCUT2D eigenvalue weighted by molar-refractivity contribution is -0.142. The van der Waals surface area contributed by atoms with Crippen molar-refractivity contribution in [2.75, 3.05) is 26.8 Å². The van der Waals surface area contributed by atoms with E-state index in [4.69, 9.17) is 9.47 Å². The van der Waals surface area contributed by atoms with Crippen LogP contribution in [0.15, 0.2) is 42.5 Å². The molecule has 2 atom stereocenters. The second-order valence-electron chi connectivity index (χ2n) is 9.29. The molecule has 32 heavy (non-hydrogen) atoms. The minimum absolute atomic E-state index is 0.177. The minimum atomic E-state index is -0.949. The third-order valence-electron chi connectivity index (χ3n) is 7.54. The van der Waals surface area contributed by atoms with Gasteiger partial charge in [-0.3, -0.25) is 4.79 Å². The lowest BCUT2D eigenvalue weighted by Crippen LogP contribution is -2.44. The van der Waals surface area contributed by atoms with E-state index in [1.165, 1.54) is 12.0 Å². The molecular weight excluding hydrogens is 406 g/mol. The Hall–Kier alpha value is -2.86. The summed E-state index contributed by atoms with van der Waals surface area (Å²) in [6, 6.07) is 13.4. The molecule has 5 rings (SSSR count). The van der Waals surface area contributed by atoms with Crippen LogP contribution in [0.2, 0.25) is 0 Å². The van der Waals surface area contributed by atoms with E-state index < -0.39 is 5.97 Å². The molecule has 2 aromatic rings. The highest BCUT2D eigenvalue weighted by Crippen LogP contribution is 2.65. The Bertz CT molecular complexity index is 1020. The van der Waals surface area contributed by atoms with Gasteiger partial charge >= 0.3 is 5.97 Å². The quantitative estimate of drug-likeness (QED) is 0.756. The molecule has 6 nitrogen and oxygen atoms in total. The van der Waals surface area contributed by atoms with Crippen molar-refractivity contribution in [2.45, 2.75) is 44.1 Å². The van der Waals surface area contributed by atoms with Crippen molar-refractivity contribution in [1.82, 2.24) is 4.90 Å². The molecule has 3 aliphatic rings. The minimum Gasteiger partial charge on any atom is -0.496 e. The van der Waals surface area contributed by atoms with Crippen molar-refractivity contribution in [2.24, 2.45) is 5.41 Å². The summed E-state index contributed by atoms with van der Waals surface area (Å²) in [6.45, 7) is 2.36. The summed E-state index contributed by atoms with van der Waals surface area (Å²) in [5.41, 5.74) is 3.61. The standard InChI is InChI=1S/C26H29NO5/c1-31-22-9-8-19(25(29)30)15-20(22)17-4-6-18(7-5-17)21-16-26(21)10-12-27(13-11-26)24(28)23-3-2-14-32-23/h4-9,15,21,23H,2-3,10-14,16H2,1H3,(H,29,30)/t21-,23?/m1/s1. The molecule has 1 spiro atoms. The van der Waals surface area contributed by atoms with Crippen molar-refractivity contribution >= 4 is 11.9 Å². The molecule has 1 amide bonds. The maximum absolute atomic E-state index is 12.6. The summed E-state index contributed by atoms with van der Waals surface area (Å²) < 4.78 is 11.0. The number of nitrogens with zero attached hydrogens (tertiary/aromatic N) is 1. The first kappa shape index (κ1) is 21.0. The van der Waals surface area contributed by atoms with Gasteiger partial charge in [-0.25, -0.2) is 4.79 Å². The number of rotatable bonds is 5. The van der Waals surface area contributed by atoms with Gasteiger partial charge in [-0.15, -0.1) is 0 Å². The normalized spacial score (nSPS) is 23.8. The van der Waals surface area contributed by atoms with Gasteiger partial charge in [-0.2, -0.15) is 0 Å². The molecule has 2 aromatic carbocycles. The first-order chi connectivity index (χ1) is 15.5. The first-order valence-corrected chi connectivity index (χ1v) is 11.4. The molecule has 1 saturated carbocycles. The molecule has 6 heteroatoms. The number of aromatic carboxylic acids is 1. The summed E-state index contributed by atoms with van der Waals surface area (Å²) in [7, 11) is 1.59. The van der Waals surface area contributed by atoms with Gasteiger partial charge in [0.05, 0.1) is 12.7 Å². The van der Waals surface area contributed by atoms with Crippen molar-refractivity contribution in [3.63, 3.8) is 0 Å². The first-order valence-electron chi connectivity index (χ1n) is 11.4. The molecule has 1 N–H and O–H groups in total. The van der Waals surface area contributed by atoms with Crippen molar-refractivity contribution in [3.8, 4) is 16.9 Å². The summed E-state index contributed by atoms with van der Waals surface area (Å²) in [5, 5.41) is 9.33. The third kappa shape index (κ3) is 3.77. The molecule has 168 valence electrons. The fraction of sp³-hybridized carbons (Fsp3) is 0.462. The van der Waals surface area contributed by atoms with E-state index in [1.807, 2.05) is 4.90 Å². The summed E-state index contributed by atoms with van der Waals surface area (Å²) in [4.78, 5) is 26.0. The fourth-order valence-electron chi connectivity index (χ4n) is 5.48. The number of ether oxygens (including phenoxy) is 2. The molecule has 0 bridgehead atoms. The molecule has 1 aliphatic carbocycles. The second-order valence-corrected chi connectivity index (χ2v) is 9.29. The SMILES string of the molecule is COc1ccc(C(=O)O)cc1-c1ccc([C@H]2CC23CCN(C(=O)C2CCCO2)CC3)cc1. The highest BCUT2D eigenvalue weighted by Gasteiger charge is 2.55. The zero-order chi connectivity index (χ0) is 22.3. The largest absolute Gasteiger partial charge is 0.496 e. The smallest absolute Gasteiger partial charge is 0.335 e. The van der Waals surface area contributed by atoms with E-state index >= 15 is 0 Å². The van der Waals surface area contributed by atoms with Gasteiger partial charge in [0.2, 0.25) is 0 Å². The van der Waals surface area contributed by atoms with Crippen LogP contribution < -0.4 is 4.74 Å². The van der Waals surface area contributed by atoms with Crippen molar-refractivity contribution in [1.29, 1.82) is 0 Å². The summed E-state index contributed by atoms with van der Waals surface area (Å²) >= 11 is 0. The Balaban J connectivity index is 1.26. The predicted molar refractivity (Wildman–Crippen MR) is 120 cm³/mol. The van der Waals surface area contributed by atoms with E-state index in [-0.39, 0.29) is 17.6 Å². The Morgan fingerprint density at radius 2 is 1.88 bits per heavy atom. The summed E-state index contributed by atoms with van der Waals surface area (Å²) in [5.74, 6) is 0.420. The zero-order valence-electron chi connectivity index (χ0n) is 18.4. The Morgan fingerprint density at radius 1 is 1.12 bits per heavy atom. The molecule has 2 heterocycles. The number of carbonyl (C=O) groups is 2. The Kier molecular flexibility index (Phi) is 5.41. The van der Waals surface area contributed by atoms with Crippen LogP contribution >= 0.6 is 0 Å². The number of carbonyl (C=O) groups excluding carboxylic acids is 1. The van der Waals surface area contributed by atoms with Crippen LogP contribution in [0.5, 0.6) is 5.75 Å². The predicted octanol–water partition coefficient (Wildman–Crippen LogP) is 4.34. The lowest BCUT2D eigenvalue weighted by Gasteiger charge is -2.34. The number of hydrogen-bond donors (Lipinski definition) is 1. The molecule has 2 saturated heterocycles. The van der Waals surface area contributed by atoms with E-state index in [9.17, 15) is 14.7 Å². The number of methoxy groups -OCH3 is 1. The van der Waals surface area contributed by atoms with Gasteiger partial charge < -0.3 is 19.5 Å². The van der Waals surface area contributed by atoms with Crippen LogP contribution in [0, 0.1) is 5.41 Å². The fourth-order valence-corrected chi connectivity index (χ4v) is 5.48. The monoisotopic (exact) mass is 435 g/mol. The van der Waals surface area contributed by atoms with Crippen molar-refractivity contribution < 1.29 is 24.2 Å². The third-order valence-corrected chi connectivity index (χ3v) is 7.54. The lowest BCUT2D eigenvalue weighted by atomic mass is 9.88. The Morgan fingerprint density at radius 3 is 2.50 bits per heavy atom. The van der Waals surface area contributed by atoms with E-state index in [1.54, 1.807) is 25.3 Å². The summed E-state index contributed by atoms with van der Waals surface area (Å²) in [6.07, 6.45) is 4.89. The highest BCUT2D eigenvalue weighted by molar-refractivity contribution is 5.90. The maximum Gasteiger partial charge on any atom is 0.335 e. The average molecular weight is 436 g/mol. The van der Waals surface area contributed by atoms with Gasteiger partial charge in [0.25, 0.3) is 5.91 Å². The number of amides is 1. The van der Waals surface area contributed by atoms with Crippen LogP contribution in [0.25, 0.3) is 11.1 Å². The molecule has 2 aliphatic heterocycles.